The Morgan fingerprint density at radius 3 is 1.84 bits per heavy atom. The fourth-order valence-corrected chi connectivity index (χ4v) is 1.28. The molecule has 4 nitrogen and oxygen atoms in total. The highest BCUT2D eigenvalue weighted by molar-refractivity contribution is 4.41. The van der Waals surface area contributed by atoms with Crippen LogP contribution >= 0.6 is 0 Å². The molecule has 0 aliphatic rings. The molecule has 0 spiro atoms. The summed E-state index contributed by atoms with van der Waals surface area (Å²) in [5.74, 6) is 0.698. The van der Waals surface area contributed by atoms with E-state index in [4.69, 9.17) is 19.7 Å². The van der Waals surface area contributed by atoms with E-state index in [0.29, 0.717) is 19.1 Å². The van der Waals surface area contributed by atoms with Crippen molar-refractivity contribution in [1.82, 2.24) is 0 Å². The fraction of sp³-hybridized carbons (Fsp3) is 1.00. The summed E-state index contributed by atoms with van der Waals surface area (Å²) in [5.41, 5.74) is 0. The lowest BCUT2D eigenvalue weighted by Crippen LogP contribution is -2.02. The van der Waals surface area contributed by atoms with Crippen molar-refractivity contribution in [2.24, 2.45) is 5.92 Å². The van der Waals surface area contributed by atoms with Gasteiger partial charge in [0.2, 0.25) is 0 Å². The first-order chi connectivity index (χ1) is 9.18. The monoisotopic (exact) mass is 278 g/mol. The van der Waals surface area contributed by atoms with Gasteiger partial charge in [0.1, 0.15) is 0 Å². The number of ether oxygens (including phenoxy) is 2. The van der Waals surface area contributed by atoms with Crippen molar-refractivity contribution in [1.29, 1.82) is 0 Å². The van der Waals surface area contributed by atoms with E-state index >= 15 is 0 Å². The molecule has 0 aromatic carbocycles. The average Bonchev–Trinajstić information content (AvgIpc) is 2.39. The van der Waals surface area contributed by atoms with Crippen molar-refractivity contribution in [2.45, 2.75) is 52.9 Å². The second-order valence-electron chi connectivity index (χ2n) is 4.92. The maximum absolute atomic E-state index is 8.34. The number of aliphatic hydroxyl groups excluding tert-OH is 2. The van der Waals surface area contributed by atoms with Gasteiger partial charge >= 0.3 is 0 Å². The zero-order valence-electron chi connectivity index (χ0n) is 13.1. The van der Waals surface area contributed by atoms with Gasteiger partial charge in [-0.05, 0) is 18.8 Å². The van der Waals surface area contributed by atoms with Crippen molar-refractivity contribution in [2.75, 3.05) is 39.6 Å². The maximum Gasteiger partial charge on any atom is 0.0697 e. The molecule has 0 rings (SSSR count). The molecule has 0 heterocycles. The molecule has 0 atom stereocenters. The molecule has 2 N–H and O–H groups in total. The highest BCUT2D eigenvalue weighted by atomic mass is 16.5. The van der Waals surface area contributed by atoms with Crippen molar-refractivity contribution in [3.05, 3.63) is 0 Å². The number of aliphatic hydroxyl groups is 2. The first-order valence-corrected chi connectivity index (χ1v) is 7.56. The van der Waals surface area contributed by atoms with Crippen molar-refractivity contribution in [3.63, 3.8) is 0 Å². The van der Waals surface area contributed by atoms with Gasteiger partial charge in [0.05, 0.1) is 26.4 Å². The predicted molar refractivity (Wildman–Crippen MR) is 79.4 cm³/mol. The van der Waals surface area contributed by atoms with Gasteiger partial charge in [-0.3, -0.25) is 0 Å². The Morgan fingerprint density at radius 1 is 0.789 bits per heavy atom. The SMILES string of the molecule is CC(C)CCOCCO.CCCCCCOCCO. The van der Waals surface area contributed by atoms with E-state index in [-0.39, 0.29) is 13.2 Å². The predicted octanol–water partition coefficient (Wildman–Crippen LogP) is 2.62. The van der Waals surface area contributed by atoms with Gasteiger partial charge in [-0.2, -0.15) is 0 Å². The molecule has 118 valence electrons. The minimum atomic E-state index is 0.137. The first-order valence-electron chi connectivity index (χ1n) is 7.56. The van der Waals surface area contributed by atoms with Crippen molar-refractivity contribution < 1.29 is 19.7 Å². The van der Waals surface area contributed by atoms with Crippen LogP contribution in [0.25, 0.3) is 0 Å². The summed E-state index contributed by atoms with van der Waals surface area (Å²) in [6.45, 7) is 9.34. The number of unbranched alkanes of at least 4 members (excludes halogenated alkanes) is 3. The third-order valence-corrected chi connectivity index (χ3v) is 2.45. The summed E-state index contributed by atoms with van der Waals surface area (Å²) in [4.78, 5) is 0. The van der Waals surface area contributed by atoms with Crippen LogP contribution in [0.1, 0.15) is 52.9 Å². The molecule has 0 aliphatic heterocycles. The molecule has 4 heteroatoms. The fourth-order valence-electron chi connectivity index (χ4n) is 1.28. The quantitative estimate of drug-likeness (QED) is 0.539. The molecule has 0 radical (unpaired) electrons. The number of hydrogen-bond donors (Lipinski definition) is 2. The van der Waals surface area contributed by atoms with Crippen LogP contribution in [0.4, 0.5) is 0 Å². The highest BCUT2D eigenvalue weighted by Crippen LogP contribution is 1.98. The molecule has 0 saturated heterocycles. The molecule has 0 unspecified atom stereocenters. The Morgan fingerprint density at radius 2 is 1.37 bits per heavy atom. The molecule has 0 aromatic rings. The first kappa shape index (κ1) is 21.1. The number of rotatable bonds is 12. The standard InChI is InChI=1S/C8H18O2.C7H16O2/c1-2-3-4-5-7-10-8-6-9;1-7(2)3-5-9-6-4-8/h9H,2-8H2,1H3;7-8H,3-6H2,1-2H3. The summed E-state index contributed by atoms with van der Waals surface area (Å²) < 4.78 is 10.1. The summed E-state index contributed by atoms with van der Waals surface area (Å²) in [5, 5.41) is 16.7. The van der Waals surface area contributed by atoms with Gasteiger partial charge in [0.15, 0.2) is 0 Å². The van der Waals surface area contributed by atoms with Gasteiger partial charge in [-0.25, -0.2) is 0 Å². The smallest absolute Gasteiger partial charge is 0.0697 e. The maximum atomic E-state index is 8.34. The Bertz CT molecular complexity index is 132. The van der Waals surface area contributed by atoms with E-state index in [9.17, 15) is 0 Å². The molecular weight excluding hydrogens is 244 g/mol. The van der Waals surface area contributed by atoms with E-state index < -0.39 is 0 Å². The normalized spacial score (nSPS) is 10.4. The second-order valence-corrected chi connectivity index (χ2v) is 4.92. The van der Waals surface area contributed by atoms with Crippen molar-refractivity contribution >= 4 is 0 Å². The second kappa shape index (κ2) is 20.2. The third kappa shape index (κ3) is 27.2. The van der Waals surface area contributed by atoms with E-state index in [2.05, 4.69) is 20.8 Å². The minimum Gasteiger partial charge on any atom is -0.394 e. The van der Waals surface area contributed by atoms with Crippen LogP contribution in [0.5, 0.6) is 0 Å². The Hall–Kier alpha value is -0.160. The molecular formula is C15H34O4. The van der Waals surface area contributed by atoms with Crippen LogP contribution in [0.15, 0.2) is 0 Å². The molecule has 19 heavy (non-hydrogen) atoms. The molecule has 0 bridgehead atoms. The lowest BCUT2D eigenvalue weighted by Gasteiger charge is -2.03. The molecule has 0 amide bonds. The van der Waals surface area contributed by atoms with E-state index in [0.717, 1.165) is 26.1 Å². The molecule has 0 aromatic heterocycles. The lowest BCUT2D eigenvalue weighted by atomic mass is 10.1. The van der Waals surface area contributed by atoms with E-state index in [1.54, 1.807) is 0 Å². The summed E-state index contributed by atoms with van der Waals surface area (Å²) in [6, 6.07) is 0. The van der Waals surface area contributed by atoms with Crippen LogP contribution in [-0.2, 0) is 9.47 Å². The third-order valence-electron chi connectivity index (χ3n) is 2.45. The summed E-state index contributed by atoms with van der Waals surface area (Å²) in [6.07, 6.45) is 6.03. The molecule has 0 fully saturated rings. The van der Waals surface area contributed by atoms with Crippen LogP contribution < -0.4 is 0 Å². The largest absolute Gasteiger partial charge is 0.394 e. The van der Waals surface area contributed by atoms with Gasteiger partial charge in [-0.1, -0.05) is 40.0 Å². The lowest BCUT2D eigenvalue weighted by molar-refractivity contribution is 0.0853. The summed E-state index contributed by atoms with van der Waals surface area (Å²) >= 11 is 0. The van der Waals surface area contributed by atoms with E-state index in [1.165, 1.54) is 19.3 Å². The Labute approximate surface area is 119 Å². The minimum absolute atomic E-state index is 0.137. The van der Waals surface area contributed by atoms with E-state index in [1.807, 2.05) is 0 Å². The van der Waals surface area contributed by atoms with Crippen LogP contribution in [-0.4, -0.2) is 49.9 Å². The average molecular weight is 278 g/mol. The number of hydrogen-bond acceptors (Lipinski definition) is 4. The van der Waals surface area contributed by atoms with Crippen molar-refractivity contribution in [3.8, 4) is 0 Å². The van der Waals surface area contributed by atoms with Gasteiger partial charge in [-0.15, -0.1) is 0 Å². The molecule has 0 saturated carbocycles. The van der Waals surface area contributed by atoms with Crippen LogP contribution in [0.3, 0.4) is 0 Å². The van der Waals surface area contributed by atoms with Crippen LogP contribution in [0, 0.1) is 5.92 Å². The van der Waals surface area contributed by atoms with Crippen LogP contribution in [0.2, 0.25) is 0 Å². The molecule has 0 aliphatic carbocycles. The Balaban J connectivity index is 0. The summed E-state index contributed by atoms with van der Waals surface area (Å²) in [7, 11) is 0. The zero-order chi connectivity index (χ0) is 14.8. The van der Waals surface area contributed by atoms with Gasteiger partial charge < -0.3 is 19.7 Å². The topological polar surface area (TPSA) is 58.9 Å². The Kier molecular flexibility index (Phi) is 22.4. The zero-order valence-corrected chi connectivity index (χ0v) is 13.1. The van der Waals surface area contributed by atoms with Gasteiger partial charge in [0, 0.05) is 13.2 Å². The van der Waals surface area contributed by atoms with Gasteiger partial charge in [0.25, 0.3) is 0 Å². The highest BCUT2D eigenvalue weighted by Gasteiger charge is 1.91.